The number of amides is 2. The lowest BCUT2D eigenvalue weighted by Gasteiger charge is -2.35. The molecular weight excluding hydrogens is 296 g/mol. The fraction of sp³-hybridized carbons (Fsp3) is 0.647. The second-order valence-corrected chi connectivity index (χ2v) is 6.27. The predicted molar refractivity (Wildman–Crippen MR) is 84.7 cm³/mol. The first-order chi connectivity index (χ1) is 11.1. The third-order valence-corrected chi connectivity index (χ3v) is 4.49. The first-order valence-corrected chi connectivity index (χ1v) is 8.36. The van der Waals surface area contributed by atoms with E-state index in [-0.39, 0.29) is 30.6 Å². The van der Waals surface area contributed by atoms with Crippen LogP contribution in [0, 0.1) is 0 Å². The van der Waals surface area contributed by atoms with Crippen molar-refractivity contribution in [3.8, 4) is 0 Å². The summed E-state index contributed by atoms with van der Waals surface area (Å²) < 4.78 is 11.4. The van der Waals surface area contributed by atoms with Gasteiger partial charge in [0.05, 0.1) is 6.61 Å². The highest BCUT2D eigenvalue weighted by atomic mass is 16.6. The summed E-state index contributed by atoms with van der Waals surface area (Å²) in [5, 5.41) is 2.76. The molecule has 23 heavy (non-hydrogen) atoms. The summed E-state index contributed by atoms with van der Waals surface area (Å²) in [6, 6.07) is -0.538. The van der Waals surface area contributed by atoms with Crippen LogP contribution >= 0.6 is 0 Å². The van der Waals surface area contributed by atoms with Crippen molar-refractivity contribution in [2.75, 3.05) is 19.7 Å². The molecule has 0 aromatic heterocycles. The largest absolute Gasteiger partial charge is 0.368 e. The van der Waals surface area contributed by atoms with Crippen LogP contribution in [0.4, 0.5) is 0 Å². The quantitative estimate of drug-likeness (QED) is 0.834. The minimum absolute atomic E-state index is 0.0202. The standard InChI is InChI=1S/C17H24N2O4/c1-12(17(21)19-9-5-2-6-10-19)18-16(20)15-11-22-13-7-3-4-8-14(13)23-15/h3-4,7-8,12-15H,2,5-6,9-11H2,1H3,(H,18,20). The van der Waals surface area contributed by atoms with Crippen molar-refractivity contribution in [2.24, 2.45) is 0 Å². The Labute approximate surface area is 136 Å². The Balaban J connectivity index is 1.51. The van der Waals surface area contributed by atoms with E-state index >= 15 is 0 Å². The van der Waals surface area contributed by atoms with E-state index in [1.165, 1.54) is 6.42 Å². The van der Waals surface area contributed by atoms with Crippen molar-refractivity contribution < 1.29 is 19.1 Å². The molecule has 0 bridgehead atoms. The summed E-state index contributed by atoms with van der Waals surface area (Å²) in [6.07, 6.45) is 9.79. The maximum atomic E-state index is 12.4. The van der Waals surface area contributed by atoms with Crippen molar-refractivity contribution in [1.29, 1.82) is 0 Å². The summed E-state index contributed by atoms with van der Waals surface area (Å²) in [4.78, 5) is 26.5. The first-order valence-electron chi connectivity index (χ1n) is 8.36. The molecule has 0 saturated carbocycles. The topological polar surface area (TPSA) is 67.9 Å². The molecule has 1 aliphatic carbocycles. The summed E-state index contributed by atoms with van der Waals surface area (Å²) in [5.74, 6) is -0.308. The van der Waals surface area contributed by atoms with Gasteiger partial charge in [0.25, 0.3) is 5.91 Å². The highest BCUT2D eigenvalue weighted by Gasteiger charge is 2.35. The zero-order chi connectivity index (χ0) is 16.2. The SMILES string of the molecule is CC(NC(=O)C1COC2C=CC=CC2O1)C(=O)N1CCCCC1. The average molecular weight is 320 g/mol. The summed E-state index contributed by atoms with van der Waals surface area (Å²) in [6.45, 7) is 3.49. The first kappa shape index (κ1) is 16.2. The lowest BCUT2D eigenvalue weighted by Crippen LogP contribution is -2.54. The molecule has 2 aliphatic heterocycles. The number of carbonyl (C=O) groups excluding carboxylic acids is 2. The molecule has 2 heterocycles. The van der Waals surface area contributed by atoms with Gasteiger partial charge in [0.2, 0.25) is 5.91 Å². The summed E-state index contributed by atoms with van der Waals surface area (Å²) in [5.41, 5.74) is 0. The maximum absolute atomic E-state index is 12.4. The Hall–Kier alpha value is -1.66. The highest BCUT2D eigenvalue weighted by molar-refractivity contribution is 5.89. The third-order valence-electron chi connectivity index (χ3n) is 4.49. The third kappa shape index (κ3) is 3.82. The van der Waals surface area contributed by atoms with Crippen molar-refractivity contribution in [3.05, 3.63) is 24.3 Å². The molecule has 6 nitrogen and oxygen atoms in total. The molecule has 3 rings (SSSR count). The van der Waals surface area contributed by atoms with Gasteiger partial charge in [-0.25, -0.2) is 0 Å². The number of carbonyl (C=O) groups is 2. The van der Waals surface area contributed by atoms with Crippen LogP contribution in [-0.2, 0) is 19.1 Å². The Morgan fingerprint density at radius 2 is 1.83 bits per heavy atom. The van der Waals surface area contributed by atoms with Gasteiger partial charge in [-0.3, -0.25) is 9.59 Å². The number of nitrogens with one attached hydrogen (secondary N) is 1. The van der Waals surface area contributed by atoms with E-state index in [0.29, 0.717) is 0 Å². The van der Waals surface area contributed by atoms with Crippen molar-refractivity contribution >= 4 is 11.8 Å². The Morgan fingerprint density at radius 1 is 1.13 bits per heavy atom. The fourth-order valence-corrected chi connectivity index (χ4v) is 3.16. The molecule has 2 fully saturated rings. The molecule has 1 N–H and O–H groups in total. The molecule has 126 valence electrons. The lowest BCUT2D eigenvalue weighted by molar-refractivity contribution is -0.169. The van der Waals surface area contributed by atoms with Gasteiger partial charge in [0.1, 0.15) is 18.2 Å². The highest BCUT2D eigenvalue weighted by Crippen LogP contribution is 2.20. The van der Waals surface area contributed by atoms with Gasteiger partial charge >= 0.3 is 0 Å². The number of hydrogen-bond donors (Lipinski definition) is 1. The van der Waals surface area contributed by atoms with Crippen LogP contribution in [0.15, 0.2) is 24.3 Å². The van der Waals surface area contributed by atoms with E-state index in [0.717, 1.165) is 25.9 Å². The molecule has 0 aromatic carbocycles. The van der Waals surface area contributed by atoms with Crippen molar-refractivity contribution in [2.45, 2.75) is 50.5 Å². The van der Waals surface area contributed by atoms with Crippen LogP contribution in [0.25, 0.3) is 0 Å². The molecule has 2 amide bonds. The van der Waals surface area contributed by atoms with Crippen LogP contribution in [0.5, 0.6) is 0 Å². The predicted octanol–water partition coefficient (Wildman–Crippen LogP) is 0.782. The number of hydrogen-bond acceptors (Lipinski definition) is 4. The number of allylic oxidation sites excluding steroid dienone is 2. The Morgan fingerprint density at radius 3 is 2.57 bits per heavy atom. The second kappa shape index (κ2) is 7.27. The minimum atomic E-state index is -0.677. The van der Waals surface area contributed by atoms with Crippen LogP contribution < -0.4 is 5.32 Å². The van der Waals surface area contributed by atoms with Crippen LogP contribution in [0.2, 0.25) is 0 Å². The van der Waals surface area contributed by atoms with Gasteiger partial charge in [-0.15, -0.1) is 0 Å². The normalized spacial score (nSPS) is 31.3. The van der Waals surface area contributed by atoms with Crippen LogP contribution in [-0.4, -0.2) is 60.8 Å². The molecular formula is C17H24N2O4. The number of likely N-dealkylation sites (tertiary alicyclic amines) is 1. The molecule has 2 saturated heterocycles. The van der Waals surface area contributed by atoms with Crippen LogP contribution in [0.3, 0.4) is 0 Å². The maximum Gasteiger partial charge on any atom is 0.252 e. The second-order valence-electron chi connectivity index (χ2n) is 6.27. The molecule has 6 heteroatoms. The number of piperidine rings is 1. The summed E-state index contributed by atoms with van der Waals surface area (Å²) in [7, 11) is 0. The van der Waals surface area contributed by atoms with Crippen LogP contribution in [0.1, 0.15) is 26.2 Å². The van der Waals surface area contributed by atoms with Gasteiger partial charge in [0.15, 0.2) is 6.10 Å². The van der Waals surface area contributed by atoms with E-state index in [1.54, 1.807) is 6.92 Å². The molecule has 4 atom stereocenters. The van der Waals surface area contributed by atoms with E-state index in [4.69, 9.17) is 9.47 Å². The number of nitrogens with zero attached hydrogens (tertiary/aromatic N) is 1. The molecule has 0 spiro atoms. The zero-order valence-corrected chi connectivity index (χ0v) is 13.4. The van der Waals surface area contributed by atoms with Crippen molar-refractivity contribution in [1.82, 2.24) is 10.2 Å². The molecule has 4 unspecified atom stereocenters. The number of ether oxygens (including phenoxy) is 2. The number of fused-ring (bicyclic) bond motifs is 1. The Bertz CT molecular complexity index is 511. The summed E-state index contributed by atoms with van der Waals surface area (Å²) >= 11 is 0. The average Bonchev–Trinajstić information content (AvgIpc) is 2.61. The van der Waals surface area contributed by atoms with Gasteiger partial charge in [-0.05, 0) is 26.2 Å². The van der Waals surface area contributed by atoms with E-state index in [9.17, 15) is 9.59 Å². The molecule has 0 radical (unpaired) electrons. The minimum Gasteiger partial charge on any atom is -0.368 e. The number of rotatable bonds is 3. The van der Waals surface area contributed by atoms with E-state index in [1.807, 2.05) is 29.2 Å². The lowest BCUT2D eigenvalue weighted by atomic mass is 10.1. The molecule has 3 aliphatic rings. The smallest absolute Gasteiger partial charge is 0.252 e. The van der Waals surface area contributed by atoms with Gasteiger partial charge in [-0.1, -0.05) is 24.3 Å². The Kier molecular flexibility index (Phi) is 5.13. The van der Waals surface area contributed by atoms with E-state index < -0.39 is 12.1 Å². The van der Waals surface area contributed by atoms with Gasteiger partial charge in [-0.2, -0.15) is 0 Å². The van der Waals surface area contributed by atoms with Gasteiger partial charge in [0, 0.05) is 13.1 Å². The fourth-order valence-electron chi connectivity index (χ4n) is 3.16. The monoisotopic (exact) mass is 320 g/mol. The molecule has 0 aromatic rings. The van der Waals surface area contributed by atoms with Crippen molar-refractivity contribution in [3.63, 3.8) is 0 Å². The zero-order valence-electron chi connectivity index (χ0n) is 13.4. The van der Waals surface area contributed by atoms with E-state index in [2.05, 4.69) is 5.32 Å². The van der Waals surface area contributed by atoms with Gasteiger partial charge < -0.3 is 19.7 Å².